The largest absolute Gasteiger partial charge is 0.448 e. The molecule has 0 amide bonds. The fourth-order valence-corrected chi connectivity index (χ4v) is 3.84. The van der Waals surface area contributed by atoms with Gasteiger partial charge in [-0.05, 0) is 35.0 Å². The van der Waals surface area contributed by atoms with Gasteiger partial charge in [0.25, 0.3) is 7.41 Å². The number of nitrogens with zero attached hydrogens (tertiary/aromatic N) is 1. The molecule has 0 bridgehead atoms. The lowest BCUT2D eigenvalue weighted by molar-refractivity contribution is 0.658. The summed E-state index contributed by atoms with van der Waals surface area (Å²) in [5.41, 5.74) is 2.46. The molecule has 1 radical (unpaired) electrons. The van der Waals surface area contributed by atoms with Crippen LogP contribution >= 0.6 is 11.6 Å². The van der Waals surface area contributed by atoms with Gasteiger partial charge in [0.05, 0.1) is 0 Å². The van der Waals surface area contributed by atoms with E-state index in [1.54, 1.807) is 0 Å². The van der Waals surface area contributed by atoms with Gasteiger partial charge in [0, 0.05) is 5.02 Å². The Bertz CT molecular complexity index is 541. The first kappa shape index (κ1) is 15.5. The molecule has 0 unspecified atom stereocenters. The Kier molecular flexibility index (Phi) is 4.22. The zero-order valence-electron chi connectivity index (χ0n) is 12.9. The number of hydrogen-bond donors (Lipinski definition) is 0. The first-order valence-corrected chi connectivity index (χ1v) is 10.3. The van der Waals surface area contributed by atoms with E-state index >= 15 is 0 Å². The highest BCUT2D eigenvalue weighted by Crippen LogP contribution is 2.39. The van der Waals surface area contributed by atoms with Crippen LogP contribution in [-0.4, -0.2) is 20.1 Å². The van der Waals surface area contributed by atoms with Crippen molar-refractivity contribution in [1.29, 1.82) is 0 Å². The van der Waals surface area contributed by atoms with Crippen molar-refractivity contribution in [2.45, 2.75) is 38.9 Å². The predicted molar refractivity (Wildman–Crippen MR) is 93.4 cm³/mol. The van der Waals surface area contributed by atoms with Crippen LogP contribution < -0.4 is 0 Å². The lowest BCUT2D eigenvalue weighted by Gasteiger charge is -2.47. The summed E-state index contributed by atoms with van der Waals surface area (Å²) in [5, 5.41) is 1.10. The first-order valence-electron chi connectivity index (χ1n) is 6.99. The Morgan fingerprint density at radius 3 is 2.25 bits per heavy atom. The normalized spacial score (nSPS) is 15.9. The molecule has 2 rings (SSSR count). The molecule has 1 aromatic rings. The van der Waals surface area contributed by atoms with Crippen molar-refractivity contribution in [2.75, 3.05) is 0 Å². The van der Waals surface area contributed by atoms with Gasteiger partial charge in [-0.3, -0.25) is 0 Å². The SMILES string of the molecule is CC(C)(C)[Si](C)(C)N1[B]C(c2ccc(Cl)cc2)=CC=C1. The second-order valence-corrected chi connectivity index (χ2v) is 12.4. The van der Waals surface area contributed by atoms with Gasteiger partial charge in [0.1, 0.15) is 8.24 Å². The number of halogens is 1. The maximum absolute atomic E-state index is 5.96. The van der Waals surface area contributed by atoms with Crippen LogP contribution in [0.5, 0.6) is 0 Å². The zero-order valence-corrected chi connectivity index (χ0v) is 14.7. The third kappa shape index (κ3) is 3.04. The van der Waals surface area contributed by atoms with Crippen molar-refractivity contribution in [3.63, 3.8) is 0 Å². The van der Waals surface area contributed by atoms with Crippen molar-refractivity contribution in [3.8, 4) is 0 Å². The molecule has 1 aliphatic rings. The Morgan fingerprint density at radius 1 is 1.10 bits per heavy atom. The van der Waals surface area contributed by atoms with Crippen molar-refractivity contribution in [1.82, 2.24) is 4.48 Å². The smallest absolute Gasteiger partial charge is 0.276 e. The molecule has 0 aromatic heterocycles. The van der Waals surface area contributed by atoms with Crippen molar-refractivity contribution >= 4 is 32.7 Å². The van der Waals surface area contributed by atoms with E-state index in [9.17, 15) is 0 Å². The van der Waals surface area contributed by atoms with Gasteiger partial charge in [-0.15, -0.1) is 0 Å². The molecule has 4 heteroatoms. The molecule has 105 valence electrons. The van der Waals surface area contributed by atoms with Crippen LogP contribution in [0.15, 0.2) is 42.6 Å². The molecule has 0 N–H and O–H groups in total. The van der Waals surface area contributed by atoms with Gasteiger partial charge < -0.3 is 4.48 Å². The third-order valence-corrected chi connectivity index (χ3v) is 9.95. The Morgan fingerprint density at radius 2 is 1.70 bits per heavy atom. The molecular formula is C16H22BClNSi. The molecule has 1 aliphatic heterocycles. The van der Waals surface area contributed by atoms with Crippen molar-refractivity contribution in [3.05, 3.63) is 53.2 Å². The van der Waals surface area contributed by atoms with Crippen LogP contribution in [0, 0.1) is 0 Å². The third-order valence-electron chi connectivity index (χ3n) is 4.46. The van der Waals surface area contributed by atoms with E-state index in [4.69, 9.17) is 11.6 Å². The molecule has 0 atom stereocenters. The second-order valence-electron chi connectivity index (χ2n) is 6.82. The summed E-state index contributed by atoms with van der Waals surface area (Å²) in [6, 6.07) is 8.04. The molecule has 1 heterocycles. The lowest BCUT2D eigenvalue weighted by Crippen LogP contribution is -2.54. The number of benzene rings is 1. The summed E-state index contributed by atoms with van der Waals surface area (Å²) in [5.74, 6) is 0. The lowest BCUT2D eigenvalue weighted by atomic mass is 9.76. The minimum atomic E-state index is -1.57. The second kappa shape index (κ2) is 5.46. The van der Waals surface area contributed by atoms with E-state index < -0.39 is 8.24 Å². The molecular weight excluding hydrogens is 281 g/mol. The minimum absolute atomic E-state index is 0.316. The van der Waals surface area contributed by atoms with Gasteiger partial charge in [-0.25, -0.2) is 0 Å². The van der Waals surface area contributed by atoms with Crippen molar-refractivity contribution in [2.24, 2.45) is 0 Å². The molecule has 20 heavy (non-hydrogen) atoms. The average Bonchev–Trinajstić information content (AvgIpc) is 2.38. The quantitative estimate of drug-likeness (QED) is 0.684. The van der Waals surface area contributed by atoms with E-state index in [0.717, 1.165) is 5.02 Å². The summed E-state index contributed by atoms with van der Waals surface area (Å²) >= 11 is 5.96. The maximum Gasteiger partial charge on any atom is 0.276 e. The molecule has 0 saturated heterocycles. The highest BCUT2D eigenvalue weighted by molar-refractivity contribution is 6.86. The summed E-state index contributed by atoms with van der Waals surface area (Å²) in [4.78, 5) is 0. The van der Waals surface area contributed by atoms with Gasteiger partial charge >= 0.3 is 0 Å². The summed E-state index contributed by atoms with van der Waals surface area (Å²) in [7, 11) is 0.713. The Hall–Kier alpha value is -0.928. The standard InChI is InChI=1S/C16H22BClNSi/c1-16(2,3)20(4,5)19-12-6-7-15(17-19)13-8-10-14(18)11-9-13/h6-12H,1-5H3. The summed E-state index contributed by atoms with van der Waals surface area (Å²) in [6.07, 6.45) is 6.51. The fraction of sp³-hybridized carbons (Fsp3) is 0.375. The highest BCUT2D eigenvalue weighted by atomic mass is 35.5. The van der Waals surface area contributed by atoms with Crippen LogP contribution in [0.2, 0.25) is 23.2 Å². The van der Waals surface area contributed by atoms with Gasteiger partial charge in [0.15, 0.2) is 0 Å². The van der Waals surface area contributed by atoms with Gasteiger partial charge in [-0.2, -0.15) is 0 Å². The maximum atomic E-state index is 5.96. The highest BCUT2D eigenvalue weighted by Gasteiger charge is 2.40. The number of allylic oxidation sites excluding steroid dienone is 2. The molecule has 1 nitrogen and oxygen atoms in total. The van der Waals surface area contributed by atoms with Crippen LogP contribution in [0.3, 0.4) is 0 Å². The van der Waals surface area contributed by atoms with Gasteiger partial charge in [0.2, 0.25) is 0 Å². The topological polar surface area (TPSA) is 3.24 Å². The first-order chi connectivity index (χ1) is 9.22. The zero-order chi connectivity index (χ0) is 15.0. The van der Waals surface area contributed by atoms with E-state index in [0.29, 0.717) is 5.04 Å². The van der Waals surface area contributed by atoms with Crippen molar-refractivity contribution < 1.29 is 0 Å². The minimum Gasteiger partial charge on any atom is -0.448 e. The number of hydrogen-bond acceptors (Lipinski definition) is 1. The van der Waals surface area contributed by atoms with E-state index in [-0.39, 0.29) is 0 Å². The monoisotopic (exact) mass is 302 g/mol. The van der Waals surface area contributed by atoms with Crippen LogP contribution in [0.1, 0.15) is 26.3 Å². The summed E-state index contributed by atoms with van der Waals surface area (Å²) < 4.78 is 2.44. The van der Waals surface area contributed by atoms with Gasteiger partial charge in [-0.1, -0.05) is 69.1 Å². The Balaban J connectivity index is 2.24. The van der Waals surface area contributed by atoms with E-state index in [1.165, 1.54) is 11.0 Å². The summed E-state index contributed by atoms with van der Waals surface area (Å²) in [6.45, 7) is 11.8. The molecule has 0 spiro atoms. The average molecular weight is 303 g/mol. The Labute approximate surface area is 129 Å². The van der Waals surface area contributed by atoms with Crippen LogP contribution in [0.25, 0.3) is 5.47 Å². The van der Waals surface area contributed by atoms with Crippen LogP contribution in [0.4, 0.5) is 0 Å². The van der Waals surface area contributed by atoms with Crippen LogP contribution in [-0.2, 0) is 0 Å². The molecule has 1 aromatic carbocycles. The molecule has 0 saturated carbocycles. The molecule has 0 fully saturated rings. The predicted octanol–water partition coefficient (Wildman–Crippen LogP) is 5.13. The number of rotatable bonds is 2. The van der Waals surface area contributed by atoms with E-state index in [1.807, 2.05) is 12.1 Å². The molecule has 0 aliphatic carbocycles. The van der Waals surface area contributed by atoms with E-state index in [2.05, 4.69) is 76.2 Å². The fourth-order valence-electron chi connectivity index (χ4n) is 2.02.